The monoisotopic (exact) mass is 278 g/mol. The van der Waals surface area contributed by atoms with Gasteiger partial charge in [0, 0.05) is 0 Å². The maximum Gasteiger partial charge on any atom is 0.118 e. The van der Waals surface area contributed by atoms with Crippen molar-refractivity contribution in [2.24, 2.45) is 5.41 Å². The van der Waals surface area contributed by atoms with E-state index in [0.717, 1.165) is 25.0 Å². The van der Waals surface area contributed by atoms with Crippen molar-refractivity contribution < 1.29 is 4.74 Å². The average Bonchev–Trinajstić information content (AvgIpc) is 2.34. The standard InChI is InChI=1S/C17H23ClO/c1-17(2)11-14(10-15(18)12-17)5-4-13-6-8-16(19-3)9-7-13/h6-10,15H,4-5,11-12H2,1-3H3. The van der Waals surface area contributed by atoms with Gasteiger partial charge in [-0.1, -0.05) is 37.6 Å². The molecular formula is C17H23ClO. The first kappa shape index (κ1) is 14.5. The molecule has 0 amide bonds. The van der Waals surface area contributed by atoms with E-state index in [1.807, 2.05) is 12.1 Å². The molecule has 0 bridgehead atoms. The Hall–Kier alpha value is -0.950. The van der Waals surface area contributed by atoms with Gasteiger partial charge in [0.1, 0.15) is 5.75 Å². The number of ether oxygens (including phenoxy) is 1. The molecule has 2 heteroatoms. The number of alkyl halides is 1. The Morgan fingerprint density at radius 1 is 1.21 bits per heavy atom. The van der Waals surface area contributed by atoms with E-state index in [1.165, 1.54) is 17.6 Å². The third kappa shape index (κ3) is 4.28. The topological polar surface area (TPSA) is 9.23 Å². The lowest BCUT2D eigenvalue weighted by Gasteiger charge is -2.32. The second-order valence-corrected chi connectivity index (χ2v) is 6.79. The molecule has 0 N–H and O–H groups in total. The van der Waals surface area contributed by atoms with Crippen molar-refractivity contribution in [1.29, 1.82) is 0 Å². The lowest BCUT2D eigenvalue weighted by atomic mass is 9.76. The number of halogens is 1. The largest absolute Gasteiger partial charge is 0.497 e. The van der Waals surface area contributed by atoms with Crippen LogP contribution in [0.1, 0.15) is 38.7 Å². The number of benzene rings is 1. The summed E-state index contributed by atoms with van der Waals surface area (Å²) in [5, 5.41) is 0.203. The van der Waals surface area contributed by atoms with Crippen molar-refractivity contribution >= 4 is 11.6 Å². The third-order valence-corrected chi connectivity index (χ3v) is 4.04. The number of hydrogen-bond donors (Lipinski definition) is 0. The summed E-state index contributed by atoms with van der Waals surface area (Å²) in [6.45, 7) is 4.62. The zero-order chi connectivity index (χ0) is 13.9. The first-order chi connectivity index (χ1) is 8.98. The SMILES string of the molecule is COc1ccc(CCC2=CC(Cl)CC(C)(C)C2)cc1. The molecule has 1 aromatic rings. The molecule has 104 valence electrons. The molecule has 0 heterocycles. The fourth-order valence-corrected chi connectivity index (χ4v) is 3.45. The maximum absolute atomic E-state index is 6.32. The van der Waals surface area contributed by atoms with Gasteiger partial charge in [-0.05, 0) is 48.8 Å². The van der Waals surface area contributed by atoms with Crippen molar-refractivity contribution in [3.63, 3.8) is 0 Å². The van der Waals surface area contributed by atoms with Gasteiger partial charge in [-0.25, -0.2) is 0 Å². The molecule has 0 saturated carbocycles. The highest BCUT2D eigenvalue weighted by molar-refractivity contribution is 6.21. The van der Waals surface area contributed by atoms with Gasteiger partial charge in [0.25, 0.3) is 0 Å². The van der Waals surface area contributed by atoms with Gasteiger partial charge < -0.3 is 4.74 Å². The minimum atomic E-state index is 0.203. The predicted octanol–water partition coefficient (Wildman–Crippen LogP) is 4.98. The summed E-state index contributed by atoms with van der Waals surface area (Å²) in [6, 6.07) is 8.34. The molecule has 2 rings (SSSR count). The Bertz CT molecular complexity index is 445. The highest BCUT2D eigenvalue weighted by Crippen LogP contribution is 2.38. The van der Waals surface area contributed by atoms with Crippen molar-refractivity contribution in [3.8, 4) is 5.75 Å². The van der Waals surface area contributed by atoms with Crippen LogP contribution in [0.15, 0.2) is 35.9 Å². The maximum atomic E-state index is 6.32. The van der Waals surface area contributed by atoms with Crippen LogP contribution in [0.25, 0.3) is 0 Å². The number of methoxy groups -OCH3 is 1. The van der Waals surface area contributed by atoms with Crippen LogP contribution >= 0.6 is 11.6 Å². The van der Waals surface area contributed by atoms with Crippen LogP contribution < -0.4 is 4.74 Å². The van der Waals surface area contributed by atoms with Crippen LogP contribution in [0.2, 0.25) is 0 Å². The van der Waals surface area contributed by atoms with E-state index in [2.05, 4.69) is 32.1 Å². The molecule has 1 aromatic carbocycles. The van der Waals surface area contributed by atoms with Crippen LogP contribution in [0.4, 0.5) is 0 Å². The number of hydrogen-bond acceptors (Lipinski definition) is 1. The van der Waals surface area contributed by atoms with Crippen LogP contribution in [0.5, 0.6) is 5.75 Å². The van der Waals surface area contributed by atoms with Crippen molar-refractivity contribution in [2.75, 3.05) is 7.11 Å². The molecule has 0 spiro atoms. The smallest absolute Gasteiger partial charge is 0.118 e. The van der Waals surface area contributed by atoms with Crippen LogP contribution in [-0.2, 0) is 6.42 Å². The fraction of sp³-hybridized carbons (Fsp3) is 0.529. The van der Waals surface area contributed by atoms with Crippen LogP contribution in [0, 0.1) is 5.41 Å². The number of allylic oxidation sites excluding steroid dienone is 2. The molecule has 19 heavy (non-hydrogen) atoms. The zero-order valence-electron chi connectivity index (χ0n) is 12.1. The quantitative estimate of drug-likeness (QED) is 0.557. The van der Waals surface area contributed by atoms with Gasteiger partial charge in [-0.3, -0.25) is 0 Å². The molecular weight excluding hydrogens is 256 g/mol. The Balaban J connectivity index is 1.94. The van der Waals surface area contributed by atoms with Crippen LogP contribution in [-0.4, -0.2) is 12.5 Å². The molecule has 0 radical (unpaired) electrons. The van der Waals surface area contributed by atoms with Crippen molar-refractivity contribution in [1.82, 2.24) is 0 Å². The summed E-state index contributed by atoms with van der Waals surface area (Å²) in [5.41, 5.74) is 3.21. The predicted molar refractivity (Wildman–Crippen MR) is 82.1 cm³/mol. The van der Waals surface area contributed by atoms with E-state index in [0.29, 0.717) is 5.41 Å². The van der Waals surface area contributed by atoms with E-state index in [-0.39, 0.29) is 5.38 Å². The van der Waals surface area contributed by atoms with E-state index >= 15 is 0 Å². The number of rotatable bonds is 4. The summed E-state index contributed by atoms with van der Waals surface area (Å²) >= 11 is 6.32. The Kier molecular flexibility index (Phi) is 4.57. The number of aryl methyl sites for hydroxylation is 1. The first-order valence-electron chi connectivity index (χ1n) is 6.95. The average molecular weight is 279 g/mol. The van der Waals surface area contributed by atoms with Gasteiger partial charge in [0.15, 0.2) is 0 Å². The van der Waals surface area contributed by atoms with Crippen molar-refractivity contribution in [2.45, 2.75) is 44.9 Å². The van der Waals surface area contributed by atoms with Gasteiger partial charge in [-0.2, -0.15) is 0 Å². The van der Waals surface area contributed by atoms with E-state index in [1.54, 1.807) is 7.11 Å². The van der Waals surface area contributed by atoms with E-state index in [4.69, 9.17) is 16.3 Å². The molecule has 1 aliphatic carbocycles. The highest BCUT2D eigenvalue weighted by atomic mass is 35.5. The minimum Gasteiger partial charge on any atom is -0.497 e. The fourth-order valence-electron chi connectivity index (χ4n) is 2.86. The molecule has 1 unspecified atom stereocenters. The van der Waals surface area contributed by atoms with Gasteiger partial charge in [0.05, 0.1) is 12.5 Å². The van der Waals surface area contributed by atoms with E-state index < -0.39 is 0 Å². The Labute approximate surface area is 121 Å². The van der Waals surface area contributed by atoms with E-state index in [9.17, 15) is 0 Å². The summed E-state index contributed by atoms with van der Waals surface area (Å²) in [7, 11) is 1.70. The van der Waals surface area contributed by atoms with Gasteiger partial charge in [0.2, 0.25) is 0 Å². The summed E-state index contributed by atoms with van der Waals surface area (Å²) in [6.07, 6.45) is 6.71. The first-order valence-corrected chi connectivity index (χ1v) is 7.39. The molecule has 1 aliphatic rings. The summed E-state index contributed by atoms with van der Waals surface area (Å²) in [4.78, 5) is 0. The molecule has 0 aromatic heterocycles. The normalized spacial score (nSPS) is 21.9. The van der Waals surface area contributed by atoms with Gasteiger partial charge in [-0.15, -0.1) is 11.6 Å². The zero-order valence-corrected chi connectivity index (χ0v) is 12.8. The molecule has 0 fully saturated rings. The third-order valence-electron chi connectivity index (χ3n) is 3.76. The summed E-state index contributed by atoms with van der Waals surface area (Å²) < 4.78 is 5.18. The summed E-state index contributed by atoms with van der Waals surface area (Å²) in [5.74, 6) is 0.919. The Morgan fingerprint density at radius 2 is 1.89 bits per heavy atom. The molecule has 0 aliphatic heterocycles. The minimum absolute atomic E-state index is 0.203. The molecule has 1 atom stereocenters. The van der Waals surface area contributed by atoms with Crippen LogP contribution in [0.3, 0.4) is 0 Å². The van der Waals surface area contributed by atoms with Gasteiger partial charge >= 0.3 is 0 Å². The molecule has 0 saturated heterocycles. The lowest BCUT2D eigenvalue weighted by Crippen LogP contribution is -2.22. The molecule has 1 nitrogen and oxygen atoms in total. The van der Waals surface area contributed by atoms with Crippen molar-refractivity contribution in [3.05, 3.63) is 41.5 Å². The highest BCUT2D eigenvalue weighted by Gasteiger charge is 2.27. The second-order valence-electron chi connectivity index (χ2n) is 6.23. The Morgan fingerprint density at radius 3 is 2.47 bits per heavy atom. The lowest BCUT2D eigenvalue weighted by molar-refractivity contribution is 0.318. The second kappa shape index (κ2) is 6.00.